The molecule has 4 nitrogen and oxygen atoms in total. The molecule has 0 aliphatic rings. The van der Waals surface area contributed by atoms with E-state index in [9.17, 15) is 0 Å². The fourth-order valence-corrected chi connectivity index (χ4v) is 4.84. The number of halogens is 2. The second kappa shape index (κ2) is 11.6. The summed E-state index contributed by atoms with van der Waals surface area (Å²) >= 11 is 0. The van der Waals surface area contributed by atoms with E-state index >= 15 is 0 Å². The molecule has 0 fully saturated rings. The van der Waals surface area contributed by atoms with Crippen molar-refractivity contribution >= 4 is 22.1 Å². The first-order chi connectivity index (χ1) is 14.1. The minimum atomic E-state index is 0. The number of imidazole rings is 2. The molecule has 6 heteroatoms. The minimum absolute atomic E-state index is 0. The summed E-state index contributed by atoms with van der Waals surface area (Å²) in [5.74, 6) is 2.85. The third-order valence-electron chi connectivity index (χ3n) is 6.56. The SMILES string of the molecule is Cn1c(CCCCCCCc2n(C)c3ccccc3[n+]2C)[n+](C)c2ccccc21.[I-].[I-]. The molecule has 0 saturated heterocycles. The first-order valence-corrected chi connectivity index (χ1v) is 10.9. The summed E-state index contributed by atoms with van der Waals surface area (Å²) in [6.45, 7) is 0. The highest BCUT2D eigenvalue weighted by atomic mass is 127. The number of aryl methyl sites for hydroxylation is 4. The van der Waals surface area contributed by atoms with E-state index in [-0.39, 0.29) is 48.0 Å². The van der Waals surface area contributed by atoms with Crippen LogP contribution in [0.15, 0.2) is 48.5 Å². The van der Waals surface area contributed by atoms with Crippen LogP contribution in [0.4, 0.5) is 0 Å². The zero-order valence-corrected chi connectivity index (χ0v) is 23.4. The molecule has 2 aromatic heterocycles. The van der Waals surface area contributed by atoms with Gasteiger partial charge in [-0.15, -0.1) is 0 Å². The van der Waals surface area contributed by atoms with Crippen LogP contribution < -0.4 is 57.1 Å². The number of aromatic nitrogens is 4. The Balaban J connectivity index is 0.00000171. The summed E-state index contributed by atoms with van der Waals surface area (Å²) < 4.78 is 9.43. The Bertz CT molecular complexity index is 976. The Morgan fingerprint density at radius 1 is 0.581 bits per heavy atom. The van der Waals surface area contributed by atoms with Crippen LogP contribution in [0, 0.1) is 0 Å². The van der Waals surface area contributed by atoms with Crippen molar-refractivity contribution < 1.29 is 57.1 Å². The zero-order valence-electron chi connectivity index (χ0n) is 19.1. The maximum Gasteiger partial charge on any atom is 0.256 e. The van der Waals surface area contributed by atoms with E-state index in [0.29, 0.717) is 0 Å². The van der Waals surface area contributed by atoms with E-state index in [2.05, 4.69) is 95.0 Å². The van der Waals surface area contributed by atoms with Gasteiger partial charge in [0.25, 0.3) is 11.6 Å². The predicted molar refractivity (Wildman–Crippen MR) is 119 cm³/mol. The number of fused-ring (bicyclic) bond motifs is 2. The molecule has 4 rings (SSSR count). The van der Waals surface area contributed by atoms with Gasteiger partial charge in [-0.2, -0.15) is 0 Å². The van der Waals surface area contributed by atoms with E-state index in [1.54, 1.807) is 0 Å². The molecule has 2 aromatic carbocycles. The zero-order chi connectivity index (χ0) is 20.4. The highest BCUT2D eigenvalue weighted by Crippen LogP contribution is 2.16. The van der Waals surface area contributed by atoms with Crippen LogP contribution >= 0.6 is 0 Å². The first-order valence-electron chi connectivity index (χ1n) is 10.9. The second-order valence-electron chi connectivity index (χ2n) is 8.31. The van der Waals surface area contributed by atoms with Crippen LogP contribution in [0.2, 0.25) is 0 Å². The van der Waals surface area contributed by atoms with Crippen molar-refractivity contribution in [3.8, 4) is 0 Å². The molecule has 0 aliphatic carbocycles. The summed E-state index contributed by atoms with van der Waals surface area (Å²) in [4.78, 5) is 0. The number of unbranched alkanes of at least 4 members (excludes halogenated alkanes) is 4. The van der Waals surface area contributed by atoms with Crippen LogP contribution in [0.1, 0.15) is 43.8 Å². The van der Waals surface area contributed by atoms with Gasteiger partial charge >= 0.3 is 0 Å². The molecule has 4 aromatic rings. The summed E-state index contributed by atoms with van der Waals surface area (Å²) in [7, 11) is 8.78. The van der Waals surface area contributed by atoms with E-state index in [4.69, 9.17) is 0 Å². The Hall–Kier alpha value is -1.16. The van der Waals surface area contributed by atoms with Crippen molar-refractivity contribution in [2.45, 2.75) is 44.9 Å². The molecule has 0 radical (unpaired) electrons. The van der Waals surface area contributed by atoms with Crippen LogP contribution in [-0.2, 0) is 41.0 Å². The fourth-order valence-electron chi connectivity index (χ4n) is 4.84. The van der Waals surface area contributed by atoms with Crippen molar-refractivity contribution in [3.63, 3.8) is 0 Å². The molecular formula is C25H34I2N4. The molecule has 0 saturated carbocycles. The summed E-state index contributed by atoms with van der Waals surface area (Å²) in [6.07, 6.45) is 8.77. The lowest BCUT2D eigenvalue weighted by Gasteiger charge is -2.02. The molecule has 0 aliphatic heterocycles. The molecule has 0 atom stereocenters. The first kappa shape index (κ1) is 26.1. The lowest BCUT2D eigenvalue weighted by atomic mass is 10.1. The number of hydrogen-bond donors (Lipinski definition) is 0. The maximum absolute atomic E-state index is 2.36. The topological polar surface area (TPSA) is 17.6 Å². The van der Waals surface area contributed by atoms with Crippen LogP contribution in [0.3, 0.4) is 0 Å². The standard InChI is InChI=1S/C25H34N4.2HI/c1-26-20-14-10-11-15-21(20)27(2)24(26)18-8-6-5-7-9-19-25-28(3)22-16-12-13-17-23(22)29(25)4;;/h10-17H,5-9,18-19H2,1-4H3;2*1H/q+2;;/p-2. The van der Waals surface area contributed by atoms with E-state index in [0.717, 1.165) is 12.8 Å². The smallest absolute Gasteiger partial charge is 0.256 e. The normalized spacial score (nSPS) is 11.0. The van der Waals surface area contributed by atoms with Gasteiger partial charge in [0.1, 0.15) is 0 Å². The maximum atomic E-state index is 2.36. The van der Waals surface area contributed by atoms with Gasteiger partial charge in [-0.25, -0.2) is 18.3 Å². The van der Waals surface area contributed by atoms with Gasteiger partial charge in [0.15, 0.2) is 22.1 Å². The molecule has 0 spiro atoms. The third-order valence-corrected chi connectivity index (χ3v) is 6.56. The van der Waals surface area contributed by atoms with Gasteiger partial charge in [-0.1, -0.05) is 43.5 Å². The molecule has 168 valence electrons. The number of para-hydroxylation sites is 4. The Kier molecular flexibility index (Phi) is 9.79. The van der Waals surface area contributed by atoms with E-state index in [1.165, 1.54) is 65.8 Å². The highest BCUT2D eigenvalue weighted by molar-refractivity contribution is 5.72. The number of nitrogens with zero attached hydrogens (tertiary/aromatic N) is 4. The van der Waals surface area contributed by atoms with Gasteiger partial charge < -0.3 is 48.0 Å². The van der Waals surface area contributed by atoms with E-state index < -0.39 is 0 Å². The lowest BCUT2D eigenvalue weighted by molar-refractivity contribution is -0.654. The number of benzene rings is 2. The average Bonchev–Trinajstić information content (AvgIpc) is 3.13. The van der Waals surface area contributed by atoms with Gasteiger partial charge in [0, 0.05) is 12.8 Å². The quantitative estimate of drug-likeness (QED) is 0.121. The van der Waals surface area contributed by atoms with Gasteiger partial charge in [0.05, 0.1) is 28.2 Å². The molecule has 0 bridgehead atoms. The summed E-state index contributed by atoms with van der Waals surface area (Å²) in [6, 6.07) is 17.4. The van der Waals surface area contributed by atoms with E-state index in [1.807, 2.05) is 0 Å². The van der Waals surface area contributed by atoms with Gasteiger partial charge in [-0.05, 0) is 37.1 Å². The molecule has 0 N–H and O–H groups in total. The number of rotatable bonds is 8. The van der Waals surface area contributed by atoms with Gasteiger partial charge in [0.2, 0.25) is 0 Å². The molecule has 0 unspecified atom stereocenters. The Morgan fingerprint density at radius 2 is 0.935 bits per heavy atom. The summed E-state index contributed by atoms with van der Waals surface area (Å²) in [5.41, 5.74) is 5.31. The monoisotopic (exact) mass is 644 g/mol. The van der Waals surface area contributed by atoms with Crippen molar-refractivity contribution in [1.29, 1.82) is 0 Å². The predicted octanol–water partition coefficient (Wildman–Crippen LogP) is -1.94. The Morgan fingerprint density at radius 3 is 1.32 bits per heavy atom. The summed E-state index contributed by atoms with van der Waals surface area (Å²) in [5, 5.41) is 0. The highest BCUT2D eigenvalue weighted by Gasteiger charge is 2.20. The minimum Gasteiger partial charge on any atom is -1.00 e. The molecule has 31 heavy (non-hydrogen) atoms. The average molecular weight is 644 g/mol. The van der Waals surface area contributed by atoms with Crippen LogP contribution in [0.5, 0.6) is 0 Å². The second-order valence-corrected chi connectivity index (χ2v) is 8.31. The third kappa shape index (κ3) is 5.26. The van der Waals surface area contributed by atoms with Crippen LogP contribution in [0.25, 0.3) is 22.1 Å². The Labute approximate surface area is 220 Å². The van der Waals surface area contributed by atoms with Crippen molar-refractivity contribution in [2.24, 2.45) is 28.2 Å². The van der Waals surface area contributed by atoms with Crippen molar-refractivity contribution in [2.75, 3.05) is 0 Å². The molecule has 2 heterocycles. The molecule has 0 amide bonds. The van der Waals surface area contributed by atoms with Gasteiger partial charge in [-0.3, -0.25) is 0 Å². The molecular weight excluding hydrogens is 610 g/mol. The van der Waals surface area contributed by atoms with Crippen LogP contribution in [-0.4, -0.2) is 9.13 Å². The fraction of sp³-hybridized carbons (Fsp3) is 0.440. The van der Waals surface area contributed by atoms with Crippen molar-refractivity contribution in [1.82, 2.24) is 9.13 Å². The number of hydrogen-bond acceptors (Lipinski definition) is 0. The largest absolute Gasteiger partial charge is 1.00 e. The van der Waals surface area contributed by atoms with Crippen molar-refractivity contribution in [3.05, 3.63) is 60.2 Å². The lowest BCUT2D eigenvalue weighted by Crippen LogP contribution is -3.00.